The van der Waals surface area contributed by atoms with Gasteiger partial charge in [0.25, 0.3) is 0 Å². The molecule has 1 N–H and O–H groups in total. The highest BCUT2D eigenvalue weighted by Gasteiger charge is 2.31. The molecule has 1 aliphatic heterocycles. The molecular weight excluding hydrogens is 622 g/mol. The summed E-state index contributed by atoms with van der Waals surface area (Å²) in [6.07, 6.45) is 3.09. The quantitative estimate of drug-likeness (QED) is 0.188. The van der Waals surface area contributed by atoms with Crippen molar-refractivity contribution in [2.45, 2.75) is 39.0 Å². The molecule has 1 atom stereocenters. The van der Waals surface area contributed by atoms with Crippen molar-refractivity contribution in [3.05, 3.63) is 84.0 Å². The number of aliphatic hydroxyl groups is 1. The van der Waals surface area contributed by atoms with Gasteiger partial charge >= 0.3 is 0 Å². The molecule has 12 heteroatoms. The normalized spacial score (nSPS) is 15.0. The van der Waals surface area contributed by atoms with E-state index in [1.807, 2.05) is 54.4 Å². The third-order valence-electron chi connectivity index (χ3n) is 8.27. The van der Waals surface area contributed by atoms with Crippen molar-refractivity contribution in [1.29, 1.82) is 0 Å². The van der Waals surface area contributed by atoms with Gasteiger partial charge in [0.1, 0.15) is 35.4 Å². The zero-order valence-electron chi connectivity index (χ0n) is 26.3. The fourth-order valence-electron chi connectivity index (χ4n) is 6.14. The molecule has 0 spiro atoms. The molecule has 0 aliphatic carbocycles. The minimum atomic E-state index is -1.26. The standard InChI is InChI=1S/C35H32F2N6O3S/c1-6-29(44)42-16-19(2)43-23(17-42)14-26(40-43)33-31(30-25(37)12-22(36)13-28(30)46-18-35(3,4)45)34-24(9-10-47-34)32(39-33)20-7-8-27-21(11-20)15-38-41(27)5/h6-15,19,45H,1,16-18H2,2-5H3. The second kappa shape index (κ2) is 11.4. The Balaban J connectivity index is 1.51. The van der Waals surface area contributed by atoms with Crippen molar-refractivity contribution in [2.75, 3.05) is 13.2 Å². The predicted molar refractivity (Wildman–Crippen MR) is 178 cm³/mol. The van der Waals surface area contributed by atoms with Crippen LogP contribution in [0.4, 0.5) is 8.78 Å². The van der Waals surface area contributed by atoms with E-state index in [-0.39, 0.29) is 29.9 Å². The molecule has 0 saturated heterocycles. The van der Waals surface area contributed by atoms with Crippen LogP contribution in [0.5, 0.6) is 5.75 Å². The maximum absolute atomic E-state index is 16.1. The Morgan fingerprint density at radius 3 is 2.74 bits per heavy atom. The second-order valence-corrected chi connectivity index (χ2v) is 13.4. The number of carbonyl (C=O) groups excluding carboxylic acids is 1. The van der Waals surface area contributed by atoms with Crippen LogP contribution in [0.3, 0.4) is 0 Å². The van der Waals surface area contributed by atoms with Crippen molar-refractivity contribution in [2.24, 2.45) is 7.05 Å². The van der Waals surface area contributed by atoms with Crippen LogP contribution in [0, 0.1) is 11.6 Å². The molecule has 0 bridgehead atoms. The lowest BCUT2D eigenvalue weighted by Crippen LogP contribution is -2.39. The molecular formula is C35H32F2N6O3S. The van der Waals surface area contributed by atoms with Crippen molar-refractivity contribution in [3.63, 3.8) is 0 Å². The van der Waals surface area contributed by atoms with Crippen LogP contribution < -0.4 is 4.74 Å². The van der Waals surface area contributed by atoms with Crippen LogP contribution in [-0.2, 0) is 18.4 Å². The average Bonchev–Trinajstić information content (AvgIpc) is 3.77. The summed E-state index contributed by atoms with van der Waals surface area (Å²) in [7, 11) is 1.88. The van der Waals surface area contributed by atoms with Crippen molar-refractivity contribution in [1.82, 2.24) is 29.4 Å². The third kappa shape index (κ3) is 5.47. The van der Waals surface area contributed by atoms with Gasteiger partial charge in [0.15, 0.2) is 0 Å². The van der Waals surface area contributed by atoms with E-state index in [2.05, 4.69) is 11.7 Å². The van der Waals surface area contributed by atoms with E-state index in [9.17, 15) is 14.3 Å². The van der Waals surface area contributed by atoms with Gasteiger partial charge in [0.05, 0.1) is 46.9 Å². The van der Waals surface area contributed by atoms with Crippen LogP contribution >= 0.6 is 11.3 Å². The van der Waals surface area contributed by atoms with Crippen molar-refractivity contribution < 1.29 is 23.4 Å². The number of nitrogens with zero attached hydrogens (tertiary/aromatic N) is 6. The number of halogens is 2. The number of ether oxygens (including phenoxy) is 1. The molecule has 0 radical (unpaired) electrons. The summed E-state index contributed by atoms with van der Waals surface area (Å²) in [5, 5.41) is 23.4. The molecule has 4 aromatic heterocycles. The Morgan fingerprint density at radius 2 is 1.98 bits per heavy atom. The highest BCUT2D eigenvalue weighted by molar-refractivity contribution is 7.18. The maximum Gasteiger partial charge on any atom is 0.246 e. The second-order valence-electron chi connectivity index (χ2n) is 12.5. The molecule has 0 saturated carbocycles. The molecule has 240 valence electrons. The largest absolute Gasteiger partial charge is 0.490 e. The van der Waals surface area contributed by atoms with E-state index >= 15 is 4.39 Å². The van der Waals surface area contributed by atoms with Crippen LogP contribution in [0.25, 0.3) is 54.8 Å². The van der Waals surface area contributed by atoms with Gasteiger partial charge in [-0.25, -0.2) is 13.8 Å². The Labute approximate surface area is 273 Å². The van der Waals surface area contributed by atoms with Crippen LogP contribution in [0.15, 0.2) is 66.7 Å². The monoisotopic (exact) mass is 654 g/mol. The summed E-state index contributed by atoms with van der Waals surface area (Å²) in [5.41, 5.74) is 3.22. The number of carbonyl (C=O) groups is 1. The lowest BCUT2D eigenvalue weighted by molar-refractivity contribution is -0.127. The van der Waals surface area contributed by atoms with Gasteiger partial charge in [-0.1, -0.05) is 12.6 Å². The van der Waals surface area contributed by atoms with Gasteiger partial charge in [-0.15, -0.1) is 11.3 Å². The fraction of sp³-hybridized carbons (Fsp3) is 0.257. The summed E-state index contributed by atoms with van der Waals surface area (Å²) in [6, 6.07) is 11.6. The SMILES string of the molecule is C=CC(=O)N1Cc2cc(-c3nc(-c4ccc5c(cnn5C)c4)c4ccsc4c3-c3c(F)cc(F)cc3OCC(C)(C)O)nn2C(C)C1. The zero-order chi connectivity index (χ0) is 33.2. The van der Waals surface area contributed by atoms with Crippen molar-refractivity contribution >= 4 is 38.2 Å². The van der Waals surface area contributed by atoms with E-state index in [0.29, 0.717) is 40.4 Å². The summed E-state index contributed by atoms with van der Waals surface area (Å²) in [6.45, 7) is 9.26. The minimum absolute atomic E-state index is 0.0161. The summed E-state index contributed by atoms with van der Waals surface area (Å²) in [5.74, 6) is -1.89. The number of hydrogen-bond donors (Lipinski definition) is 1. The van der Waals surface area contributed by atoms with Gasteiger partial charge in [0, 0.05) is 52.3 Å². The first-order chi connectivity index (χ1) is 22.4. The third-order valence-corrected chi connectivity index (χ3v) is 9.21. The Hall–Kier alpha value is -4.94. The first-order valence-corrected chi connectivity index (χ1v) is 16.0. The summed E-state index contributed by atoms with van der Waals surface area (Å²) in [4.78, 5) is 19.4. The number of fused-ring (bicyclic) bond motifs is 3. The highest BCUT2D eigenvalue weighted by Crippen LogP contribution is 2.47. The van der Waals surface area contributed by atoms with E-state index < -0.39 is 17.2 Å². The van der Waals surface area contributed by atoms with Crippen LogP contribution in [-0.4, -0.2) is 59.2 Å². The molecule has 1 unspecified atom stereocenters. The molecule has 47 heavy (non-hydrogen) atoms. The number of benzene rings is 2. The zero-order valence-corrected chi connectivity index (χ0v) is 27.1. The lowest BCUT2D eigenvalue weighted by Gasteiger charge is -2.31. The van der Waals surface area contributed by atoms with E-state index in [4.69, 9.17) is 14.8 Å². The molecule has 7 rings (SSSR count). The molecule has 0 fully saturated rings. The van der Waals surface area contributed by atoms with Gasteiger partial charge in [0.2, 0.25) is 5.91 Å². The van der Waals surface area contributed by atoms with Crippen molar-refractivity contribution in [3.8, 4) is 39.5 Å². The van der Waals surface area contributed by atoms with Crippen LogP contribution in [0.1, 0.15) is 32.5 Å². The molecule has 5 heterocycles. The summed E-state index contributed by atoms with van der Waals surface area (Å²) >= 11 is 1.40. The van der Waals surface area contributed by atoms with E-state index in [1.165, 1.54) is 17.4 Å². The Kier molecular flexibility index (Phi) is 7.44. The molecule has 2 aromatic carbocycles. The summed E-state index contributed by atoms with van der Waals surface area (Å²) < 4.78 is 41.1. The Morgan fingerprint density at radius 1 is 1.17 bits per heavy atom. The topological polar surface area (TPSA) is 98.3 Å². The van der Waals surface area contributed by atoms with Crippen LogP contribution in [0.2, 0.25) is 0 Å². The van der Waals surface area contributed by atoms with E-state index in [1.54, 1.807) is 29.6 Å². The van der Waals surface area contributed by atoms with Gasteiger partial charge < -0.3 is 14.7 Å². The van der Waals surface area contributed by atoms with E-state index in [0.717, 1.165) is 39.7 Å². The molecule has 1 amide bonds. The average molecular weight is 655 g/mol. The number of pyridine rings is 1. The lowest BCUT2D eigenvalue weighted by atomic mass is 9.96. The first kappa shape index (κ1) is 30.7. The maximum atomic E-state index is 16.1. The van der Waals surface area contributed by atoms with Gasteiger partial charge in [-0.3, -0.25) is 14.2 Å². The first-order valence-electron chi connectivity index (χ1n) is 15.1. The predicted octanol–water partition coefficient (Wildman–Crippen LogP) is 6.90. The highest BCUT2D eigenvalue weighted by atomic mass is 32.1. The number of amides is 1. The Bertz CT molecular complexity index is 2210. The smallest absolute Gasteiger partial charge is 0.246 e. The fourth-order valence-corrected chi connectivity index (χ4v) is 7.08. The number of thiophene rings is 1. The van der Waals surface area contributed by atoms with Gasteiger partial charge in [-0.05, 0) is 56.5 Å². The molecule has 1 aliphatic rings. The number of aromatic nitrogens is 5. The number of hydrogen-bond acceptors (Lipinski definition) is 7. The number of rotatable bonds is 7. The molecule has 9 nitrogen and oxygen atoms in total. The minimum Gasteiger partial charge on any atom is -0.490 e. The van der Waals surface area contributed by atoms with Gasteiger partial charge in [-0.2, -0.15) is 10.2 Å². The molecule has 6 aromatic rings. The number of aryl methyl sites for hydroxylation is 1.